The molecule has 1 aromatic rings. The molecule has 1 aliphatic heterocycles. The van der Waals surface area contributed by atoms with Crippen molar-refractivity contribution in [3.63, 3.8) is 0 Å². The van der Waals surface area contributed by atoms with Gasteiger partial charge in [0.2, 0.25) is 0 Å². The Kier molecular flexibility index (Phi) is 4.65. The number of rotatable bonds is 5. The van der Waals surface area contributed by atoms with E-state index >= 15 is 0 Å². The van der Waals surface area contributed by atoms with E-state index in [0.717, 1.165) is 12.3 Å². The molecule has 3 atom stereocenters. The third kappa shape index (κ3) is 3.01. The quantitative estimate of drug-likeness (QED) is 0.898. The van der Waals surface area contributed by atoms with Crippen molar-refractivity contribution >= 4 is 21.9 Å². The van der Waals surface area contributed by atoms with Gasteiger partial charge in [-0.15, -0.1) is 0 Å². The first-order valence-electron chi connectivity index (χ1n) is 6.36. The van der Waals surface area contributed by atoms with Gasteiger partial charge in [0, 0.05) is 6.04 Å². The molecule has 0 aromatic carbocycles. The third-order valence-corrected chi connectivity index (χ3v) is 4.09. The van der Waals surface area contributed by atoms with Crippen LogP contribution in [0.4, 0.5) is 0 Å². The molecule has 2 heterocycles. The van der Waals surface area contributed by atoms with Crippen LogP contribution in [-0.4, -0.2) is 41.8 Å². The number of aliphatic carboxylic acids is 1. The molecule has 1 N–H and O–H groups in total. The van der Waals surface area contributed by atoms with Gasteiger partial charge in [0.15, 0.2) is 4.67 Å². The highest BCUT2D eigenvalue weighted by Crippen LogP contribution is 2.30. The number of likely N-dealkylation sites (N-methyl/N-ethyl adjacent to an activating group) is 1. The Morgan fingerprint density at radius 2 is 2.32 bits per heavy atom. The maximum atomic E-state index is 11.3. The summed E-state index contributed by atoms with van der Waals surface area (Å²) in [4.78, 5) is 13.4. The lowest BCUT2D eigenvalue weighted by atomic mass is 10.00. The predicted molar refractivity (Wildman–Crippen MR) is 72.9 cm³/mol. The zero-order valence-electron chi connectivity index (χ0n) is 11.0. The number of carboxylic acid groups (broad SMARTS) is 1. The standard InChI is InChI=1S/C13H18BrNO4/c1-3-15(8(2)11-4-5-12(14)19-11)10-7-18-6-9(10)13(16)17/h4-5,8-10H,3,6-7H2,1-2H3,(H,16,17). The number of halogens is 1. The third-order valence-electron chi connectivity index (χ3n) is 3.66. The number of hydrogen-bond acceptors (Lipinski definition) is 4. The molecule has 0 amide bonds. The van der Waals surface area contributed by atoms with Crippen molar-refractivity contribution in [2.45, 2.75) is 25.9 Å². The summed E-state index contributed by atoms with van der Waals surface area (Å²) in [7, 11) is 0. The van der Waals surface area contributed by atoms with E-state index in [1.54, 1.807) is 0 Å². The van der Waals surface area contributed by atoms with E-state index in [1.165, 1.54) is 0 Å². The summed E-state index contributed by atoms with van der Waals surface area (Å²) < 4.78 is 11.6. The molecule has 1 saturated heterocycles. The van der Waals surface area contributed by atoms with Crippen LogP contribution in [0.5, 0.6) is 0 Å². The highest BCUT2D eigenvalue weighted by atomic mass is 79.9. The molecular weight excluding hydrogens is 314 g/mol. The van der Waals surface area contributed by atoms with E-state index in [4.69, 9.17) is 9.15 Å². The molecule has 0 radical (unpaired) electrons. The van der Waals surface area contributed by atoms with Gasteiger partial charge in [-0.2, -0.15) is 0 Å². The molecule has 0 saturated carbocycles. The van der Waals surface area contributed by atoms with Crippen LogP contribution in [-0.2, 0) is 9.53 Å². The summed E-state index contributed by atoms with van der Waals surface area (Å²) in [6.07, 6.45) is 0. The first-order valence-corrected chi connectivity index (χ1v) is 7.15. The monoisotopic (exact) mass is 331 g/mol. The minimum atomic E-state index is -0.797. The Morgan fingerprint density at radius 1 is 1.58 bits per heavy atom. The number of hydrogen-bond donors (Lipinski definition) is 1. The van der Waals surface area contributed by atoms with Gasteiger partial charge in [0.1, 0.15) is 5.76 Å². The summed E-state index contributed by atoms with van der Waals surface area (Å²) in [6.45, 7) is 5.52. The van der Waals surface area contributed by atoms with Gasteiger partial charge in [-0.3, -0.25) is 9.69 Å². The molecule has 106 valence electrons. The van der Waals surface area contributed by atoms with E-state index < -0.39 is 11.9 Å². The molecule has 1 aliphatic rings. The topological polar surface area (TPSA) is 62.9 Å². The number of nitrogens with zero attached hydrogens (tertiary/aromatic N) is 1. The highest BCUT2D eigenvalue weighted by molar-refractivity contribution is 9.10. The van der Waals surface area contributed by atoms with E-state index in [9.17, 15) is 9.90 Å². The van der Waals surface area contributed by atoms with Gasteiger partial charge < -0.3 is 14.3 Å². The van der Waals surface area contributed by atoms with Crippen LogP contribution in [0.2, 0.25) is 0 Å². The molecular formula is C13H18BrNO4. The minimum Gasteiger partial charge on any atom is -0.481 e. The fourth-order valence-corrected chi connectivity index (χ4v) is 2.94. The average molecular weight is 332 g/mol. The van der Waals surface area contributed by atoms with E-state index in [1.807, 2.05) is 26.0 Å². The zero-order valence-corrected chi connectivity index (χ0v) is 12.6. The minimum absolute atomic E-state index is 0.0184. The van der Waals surface area contributed by atoms with Crippen LogP contribution in [0.25, 0.3) is 0 Å². The lowest BCUT2D eigenvalue weighted by molar-refractivity contribution is -0.143. The second-order valence-electron chi connectivity index (χ2n) is 4.70. The number of furan rings is 1. The molecule has 19 heavy (non-hydrogen) atoms. The van der Waals surface area contributed by atoms with Crippen LogP contribution < -0.4 is 0 Å². The van der Waals surface area contributed by atoms with E-state index in [0.29, 0.717) is 11.3 Å². The Labute approximate surface area is 120 Å². The fourth-order valence-electron chi connectivity index (χ4n) is 2.62. The number of carbonyl (C=O) groups is 1. The second-order valence-corrected chi connectivity index (χ2v) is 5.48. The summed E-state index contributed by atoms with van der Waals surface area (Å²) in [5.74, 6) is -0.445. The zero-order chi connectivity index (χ0) is 14.0. The summed E-state index contributed by atoms with van der Waals surface area (Å²) in [5.41, 5.74) is 0. The number of carboxylic acids is 1. The van der Waals surface area contributed by atoms with Gasteiger partial charge in [0.05, 0.1) is 25.2 Å². The predicted octanol–water partition coefficient (Wildman–Crippen LogP) is 2.52. The molecule has 1 aromatic heterocycles. The van der Waals surface area contributed by atoms with Gasteiger partial charge in [-0.1, -0.05) is 6.92 Å². The summed E-state index contributed by atoms with van der Waals surface area (Å²) >= 11 is 3.29. The van der Waals surface area contributed by atoms with Gasteiger partial charge >= 0.3 is 5.97 Å². The lowest BCUT2D eigenvalue weighted by Gasteiger charge is -2.33. The van der Waals surface area contributed by atoms with Gasteiger partial charge in [-0.25, -0.2) is 0 Å². The van der Waals surface area contributed by atoms with Crippen molar-refractivity contribution in [2.24, 2.45) is 5.92 Å². The van der Waals surface area contributed by atoms with Gasteiger partial charge in [0.25, 0.3) is 0 Å². The Morgan fingerprint density at radius 3 is 2.84 bits per heavy atom. The van der Waals surface area contributed by atoms with Crippen LogP contribution in [0, 0.1) is 5.92 Å². The van der Waals surface area contributed by atoms with Crippen LogP contribution >= 0.6 is 15.9 Å². The Hall–Kier alpha value is -0.850. The second kappa shape index (κ2) is 6.07. The highest BCUT2D eigenvalue weighted by Gasteiger charge is 2.39. The summed E-state index contributed by atoms with van der Waals surface area (Å²) in [5, 5.41) is 9.25. The SMILES string of the molecule is CCN(C(C)c1ccc(Br)o1)C1COCC1C(=O)O. The maximum Gasteiger partial charge on any atom is 0.310 e. The Bertz CT molecular complexity index is 448. The molecule has 0 spiro atoms. The van der Waals surface area contributed by atoms with E-state index in [-0.39, 0.29) is 18.7 Å². The van der Waals surface area contributed by atoms with E-state index in [2.05, 4.69) is 20.8 Å². The number of ether oxygens (including phenoxy) is 1. The fraction of sp³-hybridized carbons (Fsp3) is 0.615. The van der Waals surface area contributed by atoms with Crippen molar-refractivity contribution in [3.8, 4) is 0 Å². The molecule has 0 aliphatic carbocycles. The average Bonchev–Trinajstić information content (AvgIpc) is 2.98. The first-order chi connectivity index (χ1) is 9.04. The molecule has 0 bridgehead atoms. The van der Waals surface area contributed by atoms with Crippen molar-refractivity contribution in [1.29, 1.82) is 0 Å². The van der Waals surface area contributed by atoms with Crippen LogP contribution in [0.15, 0.2) is 21.2 Å². The van der Waals surface area contributed by atoms with Crippen LogP contribution in [0.1, 0.15) is 25.6 Å². The molecule has 5 nitrogen and oxygen atoms in total. The van der Waals surface area contributed by atoms with Crippen molar-refractivity contribution in [3.05, 3.63) is 22.6 Å². The molecule has 3 unspecified atom stereocenters. The smallest absolute Gasteiger partial charge is 0.310 e. The van der Waals surface area contributed by atoms with Gasteiger partial charge in [-0.05, 0) is 41.5 Å². The largest absolute Gasteiger partial charge is 0.481 e. The first kappa shape index (κ1) is 14.6. The van der Waals surface area contributed by atoms with Crippen molar-refractivity contribution in [1.82, 2.24) is 4.90 Å². The molecule has 6 heteroatoms. The molecule has 2 rings (SSSR count). The Balaban J connectivity index is 2.17. The maximum absolute atomic E-state index is 11.3. The van der Waals surface area contributed by atoms with Crippen molar-refractivity contribution < 1.29 is 19.1 Å². The normalized spacial score (nSPS) is 24.8. The lowest BCUT2D eigenvalue weighted by Crippen LogP contribution is -2.44. The summed E-state index contributed by atoms with van der Waals surface area (Å²) in [6, 6.07) is 3.66. The molecule has 1 fully saturated rings. The van der Waals surface area contributed by atoms with Crippen molar-refractivity contribution in [2.75, 3.05) is 19.8 Å². The van der Waals surface area contributed by atoms with Crippen LogP contribution in [0.3, 0.4) is 0 Å².